The van der Waals surface area contributed by atoms with Crippen LogP contribution >= 0.6 is 0 Å². The Kier molecular flexibility index (Phi) is 3.96. The fourth-order valence-corrected chi connectivity index (χ4v) is 2.52. The van der Waals surface area contributed by atoms with Gasteiger partial charge in [-0.1, -0.05) is 13.0 Å². The van der Waals surface area contributed by atoms with Gasteiger partial charge < -0.3 is 14.5 Å². The van der Waals surface area contributed by atoms with Crippen molar-refractivity contribution in [2.24, 2.45) is 0 Å². The van der Waals surface area contributed by atoms with Crippen LogP contribution in [0.25, 0.3) is 11.0 Å². The van der Waals surface area contributed by atoms with Crippen molar-refractivity contribution in [2.45, 2.75) is 13.3 Å². The highest BCUT2D eigenvalue weighted by Gasteiger charge is 2.12. The van der Waals surface area contributed by atoms with Gasteiger partial charge in [0, 0.05) is 24.7 Å². The van der Waals surface area contributed by atoms with Gasteiger partial charge in [0.1, 0.15) is 23.5 Å². The molecule has 0 aliphatic heterocycles. The Hall–Kier alpha value is -3.48. The first kappa shape index (κ1) is 15.1. The van der Waals surface area contributed by atoms with Crippen molar-refractivity contribution in [3.8, 4) is 23.3 Å². The third-order valence-electron chi connectivity index (χ3n) is 3.68. The molecule has 25 heavy (non-hydrogen) atoms. The molecule has 124 valence electrons. The monoisotopic (exact) mass is 333 g/mol. The molecule has 0 bridgehead atoms. The van der Waals surface area contributed by atoms with Gasteiger partial charge in [0.05, 0.1) is 11.6 Å². The predicted molar refractivity (Wildman–Crippen MR) is 91.9 cm³/mol. The average molecular weight is 333 g/mol. The van der Waals surface area contributed by atoms with Gasteiger partial charge in [-0.25, -0.2) is 15.0 Å². The molecule has 0 spiro atoms. The van der Waals surface area contributed by atoms with Crippen LogP contribution in [-0.4, -0.2) is 24.9 Å². The first-order valence-electron chi connectivity index (χ1n) is 7.86. The van der Waals surface area contributed by atoms with Gasteiger partial charge in [-0.05, 0) is 24.1 Å². The number of aromatic nitrogens is 5. The Morgan fingerprint density at radius 3 is 2.72 bits per heavy atom. The zero-order valence-electron chi connectivity index (χ0n) is 13.5. The lowest BCUT2D eigenvalue weighted by molar-refractivity contribution is 0.442. The molecule has 0 saturated heterocycles. The highest BCUT2D eigenvalue weighted by molar-refractivity contribution is 5.84. The summed E-state index contributed by atoms with van der Waals surface area (Å²) in [4.78, 5) is 19.7. The second-order valence-corrected chi connectivity index (χ2v) is 5.29. The van der Waals surface area contributed by atoms with Crippen LogP contribution in [0.15, 0.2) is 55.4 Å². The highest BCUT2D eigenvalue weighted by atomic mass is 16.5. The Balaban J connectivity index is 1.63. The number of benzene rings is 1. The van der Waals surface area contributed by atoms with E-state index < -0.39 is 0 Å². The molecule has 3 heterocycles. The van der Waals surface area contributed by atoms with Crippen molar-refractivity contribution in [2.75, 3.05) is 0 Å². The summed E-state index contributed by atoms with van der Waals surface area (Å²) in [6.45, 7) is 2.08. The minimum atomic E-state index is 0.419. The van der Waals surface area contributed by atoms with E-state index in [1.807, 2.05) is 24.4 Å². The van der Waals surface area contributed by atoms with Crippen molar-refractivity contribution in [3.63, 3.8) is 0 Å². The highest BCUT2D eigenvalue weighted by Crippen LogP contribution is 2.31. The third-order valence-corrected chi connectivity index (χ3v) is 3.68. The number of aromatic amines is 1. The van der Waals surface area contributed by atoms with Gasteiger partial charge in [0.25, 0.3) is 0 Å². The first-order chi connectivity index (χ1) is 12.3. The molecule has 0 fully saturated rings. The molecule has 1 aromatic carbocycles. The van der Waals surface area contributed by atoms with Gasteiger partial charge >= 0.3 is 0 Å². The Morgan fingerprint density at radius 2 is 1.92 bits per heavy atom. The molecule has 7 heteroatoms. The molecule has 0 aliphatic rings. The van der Waals surface area contributed by atoms with E-state index >= 15 is 0 Å². The average Bonchev–Trinajstić information content (AvgIpc) is 3.07. The maximum Gasteiger partial charge on any atom is 0.237 e. The smallest absolute Gasteiger partial charge is 0.237 e. The summed E-state index contributed by atoms with van der Waals surface area (Å²) < 4.78 is 11.7. The zero-order chi connectivity index (χ0) is 17.1. The molecule has 0 amide bonds. The maximum atomic E-state index is 5.98. The predicted octanol–water partition coefficient (Wildman–Crippen LogP) is 3.89. The Bertz CT molecular complexity index is 1000. The Morgan fingerprint density at radius 1 is 1.04 bits per heavy atom. The van der Waals surface area contributed by atoms with Crippen LogP contribution in [0.2, 0.25) is 0 Å². The standard InChI is InChI=1S/C18H15N5O2/c1-2-12-9-21-17-16(12)18(23-11-22-17)25-14-5-3-4-13(8-14)24-15-10-19-6-7-20-15/h3-11H,2H2,1H3,(H,21,22,23). The lowest BCUT2D eigenvalue weighted by Crippen LogP contribution is -1.93. The maximum absolute atomic E-state index is 5.98. The van der Waals surface area contributed by atoms with E-state index in [1.165, 1.54) is 6.33 Å². The summed E-state index contributed by atoms with van der Waals surface area (Å²) in [5.41, 5.74) is 1.87. The summed E-state index contributed by atoms with van der Waals surface area (Å²) in [5.74, 6) is 2.15. The minimum absolute atomic E-state index is 0.419. The number of nitrogens with zero attached hydrogens (tertiary/aromatic N) is 4. The lowest BCUT2D eigenvalue weighted by atomic mass is 10.2. The van der Waals surface area contributed by atoms with E-state index in [1.54, 1.807) is 24.7 Å². The van der Waals surface area contributed by atoms with Gasteiger partial charge in [-0.15, -0.1) is 0 Å². The van der Waals surface area contributed by atoms with E-state index in [-0.39, 0.29) is 0 Å². The number of aryl methyl sites for hydroxylation is 1. The number of nitrogens with one attached hydrogen (secondary N) is 1. The van der Waals surface area contributed by atoms with Crippen molar-refractivity contribution in [3.05, 3.63) is 60.9 Å². The summed E-state index contributed by atoms with van der Waals surface area (Å²) in [6.07, 6.45) is 8.99. The normalized spacial score (nSPS) is 10.8. The van der Waals surface area contributed by atoms with Gasteiger partial charge in [0.15, 0.2) is 0 Å². The number of rotatable bonds is 5. The van der Waals surface area contributed by atoms with E-state index in [0.717, 1.165) is 23.0 Å². The van der Waals surface area contributed by atoms with Crippen molar-refractivity contribution < 1.29 is 9.47 Å². The van der Waals surface area contributed by atoms with Crippen molar-refractivity contribution >= 4 is 11.0 Å². The third kappa shape index (κ3) is 3.12. The molecule has 0 saturated carbocycles. The molecule has 0 aliphatic carbocycles. The van der Waals surface area contributed by atoms with E-state index in [2.05, 4.69) is 31.8 Å². The zero-order valence-corrected chi connectivity index (χ0v) is 13.5. The van der Waals surface area contributed by atoms with Crippen LogP contribution in [0.4, 0.5) is 0 Å². The molecule has 0 radical (unpaired) electrons. The van der Waals surface area contributed by atoms with E-state index in [9.17, 15) is 0 Å². The fourth-order valence-electron chi connectivity index (χ4n) is 2.52. The van der Waals surface area contributed by atoms with Crippen LogP contribution in [0, 0.1) is 0 Å². The molecule has 4 rings (SSSR count). The topological polar surface area (TPSA) is 85.8 Å². The van der Waals surface area contributed by atoms with Gasteiger partial charge in [-0.3, -0.25) is 4.98 Å². The molecule has 7 nitrogen and oxygen atoms in total. The summed E-state index contributed by atoms with van der Waals surface area (Å²) in [6, 6.07) is 7.29. The number of fused-ring (bicyclic) bond motifs is 1. The summed E-state index contributed by atoms with van der Waals surface area (Å²) in [5, 5.41) is 0.894. The number of H-pyrrole nitrogens is 1. The molecular weight excluding hydrogens is 318 g/mol. The van der Waals surface area contributed by atoms with Crippen molar-refractivity contribution in [1.29, 1.82) is 0 Å². The number of hydrogen-bond donors (Lipinski definition) is 1. The molecule has 0 atom stereocenters. The van der Waals surface area contributed by atoms with Crippen molar-refractivity contribution in [1.82, 2.24) is 24.9 Å². The van der Waals surface area contributed by atoms with Crippen LogP contribution < -0.4 is 9.47 Å². The second kappa shape index (κ2) is 6.56. The number of hydrogen-bond acceptors (Lipinski definition) is 6. The molecular formula is C18H15N5O2. The second-order valence-electron chi connectivity index (χ2n) is 5.29. The molecule has 3 aromatic heterocycles. The van der Waals surface area contributed by atoms with Crippen LogP contribution in [0.5, 0.6) is 23.3 Å². The quantitative estimate of drug-likeness (QED) is 0.596. The van der Waals surface area contributed by atoms with Crippen LogP contribution in [0.1, 0.15) is 12.5 Å². The summed E-state index contributed by atoms with van der Waals surface area (Å²) >= 11 is 0. The fraction of sp³-hybridized carbons (Fsp3) is 0.111. The lowest BCUT2D eigenvalue weighted by Gasteiger charge is -2.09. The van der Waals surface area contributed by atoms with Gasteiger partial charge in [-0.2, -0.15) is 0 Å². The number of ether oxygens (including phenoxy) is 2. The Labute approximate surface area is 143 Å². The minimum Gasteiger partial charge on any atom is -0.438 e. The molecule has 1 N–H and O–H groups in total. The van der Waals surface area contributed by atoms with Gasteiger partial charge in [0.2, 0.25) is 11.8 Å². The van der Waals surface area contributed by atoms with E-state index in [0.29, 0.717) is 23.3 Å². The van der Waals surface area contributed by atoms with E-state index in [4.69, 9.17) is 9.47 Å². The largest absolute Gasteiger partial charge is 0.438 e. The van der Waals surface area contributed by atoms with Crippen LogP contribution in [0.3, 0.4) is 0 Å². The molecule has 4 aromatic rings. The summed E-state index contributed by atoms with van der Waals surface area (Å²) in [7, 11) is 0. The van der Waals surface area contributed by atoms with Crippen LogP contribution in [-0.2, 0) is 6.42 Å². The molecule has 0 unspecified atom stereocenters. The first-order valence-corrected chi connectivity index (χ1v) is 7.86. The SMILES string of the molecule is CCc1c[nH]c2ncnc(Oc3cccc(Oc4cnccn4)c3)c12.